The second kappa shape index (κ2) is 9.36. The van der Waals surface area contributed by atoms with Gasteiger partial charge in [-0.05, 0) is 80.0 Å². The molecule has 1 amide bonds. The minimum Gasteiger partial charge on any atom is -0.469 e. The molecule has 4 fully saturated rings. The fourth-order valence-electron chi connectivity index (χ4n) is 7.90. The van der Waals surface area contributed by atoms with E-state index in [0.717, 1.165) is 38.5 Å². The Morgan fingerprint density at radius 2 is 1.03 bits per heavy atom. The summed E-state index contributed by atoms with van der Waals surface area (Å²) >= 11 is 0. The molecule has 8 heteroatoms. The van der Waals surface area contributed by atoms with Gasteiger partial charge < -0.3 is 19.5 Å². The van der Waals surface area contributed by atoms with E-state index in [1.165, 1.54) is 21.3 Å². The maximum absolute atomic E-state index is 12.4. The predicted octanol–water partition coefficient (Wildman–Crippen LogP) is 2.67. The van der Waals surface area contributed by atoms with Crippen LogP contribution in [-0.2, 0) is 33.4 Å². The third-order valence-corrected chi connectivity index (χ3v) is 8.16. The molecule has 0 radical (unpaired) electrons. The number of carbonyl (C=O) groups is 4. The number of hydrogen-bond acceptors (Lipinski definition) is 7. The van der Waals surface area contributed by atoms with Crippen molar-refractivity contribution in [1.29, 1.82) is 0 Å². The van der Waals surface area contributed by atoms with Crippen LogP contribution < -0.4 is 5.32 Å². The molecule has 4 aliphatic rings. The van der Waals surface area contributed by atoms with Crippen LogP contribution in [0.4, 0.5) is 0 Å². The topological polar surface area (TPSA) is 108 Å². The van der Waals surface area contributed by atoms with Crippen LogP contribution in [0.3, 0.4) is 0 Å². The summed E-state index contributed by atoms with van der Waals surface area (Å²) in [6.07, 6.45) is 12.9. The van der Waals surface area contributed by atoms with E-state index in [1.807, 2.05) is 0 Å². The third-order valence-electron chi connectivity index (χ3n) is 8.16. The molecule has 4 bridgehead atoms. The van der Waals surface area contributed by atoms with E-state index < -0.39 is 11.4 Å². The number of terminal acetylenes is 1. The fraction of sp³-hybridized carbons (Fsp3) is 0.760. The quantitative estimate of drug-likeness (QED) is 0.303. The lowest BCUT2D eigenvalue weighted by Gasteiger charge is -2.71. The summed E-state index contributed by atoms with van der Waals surface area (Å²) in [5.41, 5.74) is -1.16. The van der Waals surface area contributed by atoms with Gasteiger partial charge in [0.1, 0.15) is 0 Å². The number of amides is 1. The molecule has 4 rings (SSSR count). The Labute approximate surface area is 195 Å². The van der Waals surface area contributed by atoms with Crippen molar-refractivity contribution in [2.24, 2.45) is 16.2 Å². The molecule has 4 saturated carbocycles. The third kappa shape index (κ3) is 5.34. The molecule has 0 aliphatic heterocycles. The second-order valence-electron chi connectivity index (χ2n) is 10.7. The average molecular weight is 462 g/mol. The van der Waals surface area contributed by atoms with Gasteiger partial charge in [-0.1, -0.05) is 0 Å². The molecule has 33 heavy (non-hydrogen) atoms. The monoisotopic (exact) mass is 461 g/mol. The summed E-state index contributed by atoms with van der Waals surface area (Å²) in [6, 6.07) is 0. The standard InChI is InChI=1S/C25H35NO7/c1-5-18(27)26-25-15-22(9-6-19(28)31-2)12-23(16-25,10-7-20(29)32-3)14-24(13-22,17-25)11-8-21(30)33-4/h1H,6-17H2,2-4H3,(H,26,27). The van der Waals surface area contributed by atoms with Crippen molar-refractivity contribution in [3.05, 3.63) is 0 Å². The smallest absolute Gasteiger partial charge is 0.305 e. The highest BCUT2D eigenvalue weighted by molar-refractivity contribution is 5.93. The Kier molecular flexibility index (Phi) is 7.11. The van der Waals surface area contributed by atoms with E-state index in [1.54, 1.807) is 0 Å². The van der Waals surface area contributed by atoms with Crippen molar-refractivity contribution in [3.8, 4) is 12.3 Å². The SMILES string of the molecule is C#CC(=O)NC12CC3(CCC(=O)OC)CC(CCC(=O)OC)(CC(CCC(=O)OC)(C3)C1)C2. The number of rotatable bonds is 10. The van der Waals surface area contributed by atoms with Crippen LogP contribution >= 0.6 is 0 Å². The van der Waals surface area contributed by atoms with Gasteiger partial charge in [-0.15, -0.1) is 6.42 Å². The molecular formula is C25H35NO7. The molecule has 0 aromatic carbocycles. The molecule has 182 valence electrons. The average Bonchev–Trinajstić information content (AvgIpc) is 2.78. The van der Waals surface area contributed by atoms with Gasteiger partial charge in [0.25, 0.3) is 5.91 Å². The van der Waals surface area contributed by atoms with Crippen LogP contribution in [0.15, 0.2) is 0 Å². The van der Waals surface area contributed by atoms with E-state index in [9.17, 15) is 19.2 Å². The Morgan fingerprint density at radius 3 is 1.30 bits per heavy atom. The number of methoxy groups -OCH3 is 3. The van der Waals surface area contributed by atoms with Gasteiger partial charge in [-0.2, -0.15) is 0 Å². The van der Waals surface area contributed by atoms with Crippen molar-refractivity contribution in [1.82, 2.24) is 5.32 Å². The molecule has 0 aromatic heterocycles. The van der Waals surface area contributed by atoms with Crippen LogP contribution in [0.1, 0.15) is 77.0 Å². The lowest BCUT2D eigenvalue weighted by Crippen LogP contribution is -2.69. The largest absolute Gasteiger partial charge is 0.469 e. The lowest BCUT2D eigenvalue weighted by molar-refractivity contribution is -0.192. The lowest BCUT2D eigenvalue weighted by atomic mass is 9.35. The van der Waals surface area contributed by atoms with Crippen LogP contribution in [0.5, 0.6) is 0 Å². The molecule has 1 N–H and O–H groups in total. The van der Waals surface area contributed by atoms with E-state index in [2.05, 4.69) is 11.2 Å². The van der Waals surface area contributed by atoms with Crippen molar-refractivity contribution >= 4 is 23.8 Å². The maximum Gasteiger partial charge on any atom is 0.305 e. The van der Waals surface area contributed by atoms with E-state index in [0.29, 0.717) is 19.3 Å². The number of esters is 3. The molecule has 4 aliphatic carbocycles. The summed E-state index contributed by atoms with van der Waals surface area (Å²) in [6.45, 7) is 0. The number of ether oxygens (including phenoxy) is 3. The molecule has 8 nitrogen and oxygen atoms in total. The Bertz CT molecular complexity index is 761. The number of carbonyl (C=O) groups excluding carboxylic acids is 4. The first kappa shape index (κ1) is 25.1. The molecule has 0 spiro atoms. The molecule has 0 saturated heterocycles. The molecule has 0 atom stereocenters. The normalized spacial score (nSPS) is 33.6. The Balaban J connectivity index is 2.00. The minimum absolute atomic E-state index is 0.211. The first-order valence-electron chi connectivity index (χ1n) is 11.6. The van der Waals surface area contributed by atoms with Crippen molar-refractivity contribution in [3.63, 3.8) is 0 Å². The van der Waals surface area contributed by atoms with E-state index in [-0.39, 0.29) is 53.4 Å². The van der Waals surface area contributed by atoms with Crippen LogP contribution in [0.2, 0.25) is 0 Å². The van der Waals surface area contributed by atoms with Crippen molar-refractivity contribution in [2.45, 2.75) is 82.6 Å². The molecule has 0 heterocycles. The number of nitrogens with one attached hydrogen (secondary N) is 1. The van der Waals surface area contributed by atoms with Gasteiger partial charge in [-0.25, -0.2) is 0 Å². The van der Waals surface area contributed by atoms with Crippen molar-refractivity contribution < 1.29 is 33.4 Å². The van der Waals surface area contributed by atoms with Crippen LogP contribution in [0, 0.1) is 28.6 Å². The maximum atomic E-state index is 12.4. The van der Waals surface area contributed by atoms with Gasteiger partial charge in [0.2, 0.25) is 0 Å². The van der Waals surface area contributed by atoms with Gasteiger partial charge in [0, 0.05) is 24.8 Å². The van der Waals surface area contributed by atoms with Gasteiger partial charge >= 0.3 is 17.9 Å². The molecular weight excluding hydrogens is 426 g/mol. The zero-order valence-corrected chi connectivity index (χ0v) is 19.9. The van der Waals surface area contributed by atoms with Gasteiger partial charge in [0.05, 0.1) is 21.3 Å². The number of hydrogen-bond donors (Lipinski definition) is 1. The first-order valence-corrected chi connectivity index (χ1v) is 11.6. The highest BCUT2D eigenvalue weighted by Gasteiger charge is 2.67. The first-order chi connectivity index (χ1) is 15.6. The van der Waals surface area contributed by atoms with Crippen LogP contribution in [0.25, 0.3) is 0 Å². The Hall–Kier alpha value is -2.56. The van der Waals surface area contributed by atoms with Crippen molar-refractivity contribution in [2.75, 3.05) is 21.3 Å². The summed E-state index contributed by atoms with van der Waals surface area (Å²) in [5, 5.41) is 3.13. The fourth-order valence-corrected chi connectivity index (χ4v) is 7.90. The summed E-state index contributed by atoms with van der Waals surface area (Å²) in [4.78, 5) is 48.5. The highest BCUT2D eigenvalue weighted by Crippen LogP contribution is 2.74. The van der Waals surface area contributed by atoms with E-state index in [4.69, 9.17) is 20.6 Å². The summed E-state index contributed by atoms with van der Waals surface area (Å²) < 4.78 is 14.7. The molecule has 0 unspecified atom stereocenters. The zero-order chi connectivity index (χ0) is 24.3. The minimum atomic E-state index is -0.527. The predicted molar refractivity (Wildman–Crippen MR) is 118 cm³/mol. The summed E-state index contributed by atoms with van der Waals surface area (Å²) in [5.74, 6) is 0.938. The molecule has 0 aromatic rings. The van der Waals surface area contributed by atoms with E-state index >= 15 is 0 Å². The Morgan fingerprint density at radius 1 is 0.697 bits per heavy atom. The highest BCUT2D eigenvalue weighted by atomic mass is 16.5. The zero-order valence-electron chi connectivity index (χ0n) is 19.9. The summed E-state index contributed by atoms with van der Waals surface area (Å²) in [7, 11) is 4.14. The van der Waals surface area contributed by atoms with Crippen LogP contribution in [-0.4, -0.2) is 50.7 Å². The van der Waals surface area contributed by atoms with Gasteiger partial charge in [-0.3, -0.25) is 19.2 Å². The second-order valence-corrected chi connectivity index (χ2v) is 10.7. The van der Waals surface area contributed by atoms with Gasteiger partial charge in [0.15, 0.2) is 0 Å².